The second kappa shape index (κ2) is 7.12. The van der Waals surface area contributed by atoms with Gasteiger partial charge in [-0.15, -0.1) is 11.3 Å². The van der Waals surface area contributed by atoms with Crippen LogP contribution in [0.3, 0.4) is 0 Å². The zero-order valence-electron chi connectivity index (χ0n) is 14.0. The number of halogens is 1. The third-order valence-electron chi connectivity index (χ3n) is 4.30. The van der Waals surface area contributed by atoms with Gasteiger partial charge in [0.1, 0.15) is 21.8 Å². The molecule has 0 saturated carbocycles. The van der Waals surface area contributed by atoms with E-state index in [1.54, 1.807) is 15.6 Å². The van der Waals surface area contributed by atoms with Crippen LogP contribution in [0.5, 0.6) is 0 Å². The van der Waals surface area contributed by atoms with Gasteiger partial charge < -0.3 is 15.4 Å². The molecule has 27 heavy (non-hydrogen) atoms. The number of nitrogens with zero attached hydrogens (tertiary/aromatic N) is 5. The number of rotatable bonds is 3. The summed E-state index contributed by atoms with van der Waals surface area (Å²) < 4.78 is 6.71. The maximum Gasteiger partial charge on any atom is 0.404 e. The average molecular weight is 407 g/mol. The van der Waals surface area contributed by atoms with Crippen LogP contribution in [-0.4, -0.2) is 55.7 Å². The Morgan fingerprint density at radius 1 is 1.30 bits per heavy atom. The fraction of sp³-hybridized carbons (Fsp3) is 0.312. The Morgan fingerprint density at radius 2 is 2.07 bits per heavy atom. The largest absolute Gasteiger partial charge is 0.446 e. The highest BCUT2D eigenvalue weighted by molar-refractivity contribution is 7.16. The molecule has 2 amide bonds. The molecule has 4 rings (SSSR count). The van der Waals surface area contributed by atoms with Gasteiger partial charge >= 0.3 is 6.09 Å². The van der Waals surface area contributed by atoms with Crippen LogP contribution < -0.4 is 5.73 Å². The van der Waals surface area contributed by atoms with E-state index in [0.717, 1.165) is 10.4 Å². The van der Waals surface area contributed by atoms with E-state index < -0.39 is 6.09 Å². The first kappa shape index (κ1) is 17.7. The zero-order valence-corrected chi connectivity index (χ0v) is 15.6. The van der Waals surface area contributed by atoms with Crippen molar-refractivity contribution in [3.05, 3.63) is 34.7 Å². The molecule has 3 aromatic heterocycles. The van der Waals surface area contributed by atoms with Crippen molar-refractivity contribution in [2.75, 3.05) is 13.1 Å². The maximum absolute atomic E-state index is 12.8. The SMILES string of the molecule is NC(=O)OC1CCN(C(=O)c2cc(Cl)nc(-c3cnn4ccsc34)n2)CC1. The van der Waals surface area contributed by atoms with Crippen molar-refractivity contribution in [2.24, 2.45) is 5.73 Å². The summed E-state index contributed by atoms with van der Waals surface area (Å²) in [6.45, 7) is 0.882. The quantitative estimate of drug-likeness (QED) is 0.666. The first-order chi connectivity index (χ1) is 13.0. The summed E-state index contributed by atoms with van der Waals surface area (Å²) >= 11 is 7.64. The monoisotopic (exact) mass is 406 g/mol. The van der Waals surface area contributed by atoms with Crippen LogP contribution in [0.1, 0.15) is 23.3 Å². The molecular formula is C16H15ClN6O3S. The van der Waals surface area contributed by atoms with E-state index in [9.17, 15) is 9.59 Å². The van der Waals surface area contributed by atoms with Crippen molar-refractivity contribution >= 4 is 39.8 Å². The average Bonchev–Trinajstić information content (AvgIpc) is 3.24. The molecule has 4 heterocycles. The second-order valence-electron chi connectivity index (χ2n) is 6.04. The number of fused-ring (bicyclic) bond motifs is 1. The number of nitrogens with two attached hydrogens (primary N) is 1. The normalized spacial score (nSPS) is 15.2. The number of likely N-dealkylation sites (tertiary alicyclic amines) is 1. The molecule has 0 spiro atoms. The maximum atomic E-state index is 12.8. The van der Waals surface area contributed by atoms with E-state index in [0.29, 0.717) is 31.8 Å². The Balaban J connectivity index is 1.56. The van der Waals surface area contributed by atoms with Crippen LogP contribution in [0.4, 0.5) is 4.79 Å². The van der Waals surface area contributed by atoms with Gasteiger partial charge in [0.05, 0.1) is 11.8 Å². The number of aromatic nitrogens is 4. The van der Waals surface area contributed by atoms with Gasteiger partial charge in [0.2, 0.25) is 0 Å². The van der Waals surface area contributed by atoms with Crippen molar-refractivity contribution in [3.8, 4) is 11.4 Å². The van der Waals surface area contributed by atoms with Gasteiger partial charge in [0, 0.05) is 43.6 Å². The third kappa shape index (κ3) is 3.58. The summed E-state index contributed by atoms with van der Waals surface area (Å²) in [6.07, 6.45) is 3.47. The molecule has 1 saturated heterocycles. The van der Waals surface area contributed by atoms with Crippen LogP contribution in [0.15, 0.2) is 23.8 Å². The Kier molecular flexibility index (Phi) is 4.66. The standard InChI is InChI=1S/C16H15ClN6O3S/c17-12-7-11(14(24)22-3-1-9(2-4-22)26-16(18)25)20-13(21-12)10-8-19-23-5-6-27-15(10)23/h5-9H,1-4H2,(H2,18,25). The van der Waals surface area contributed by atoms with Gasteiger partial charge in [-0.25, -0.2) is 19.3 Å². The fourth-order valence-corrected chi connectivity index (χ4v) is 4.01. The van der Waals surface area contributed by atoms with Crippen molar-refractivity contribution in [2.45, 2.75) is 18.9 Å². The zero-order chi connectivity index (χ0) is 19.0. The molecule has 9 nitrogen and oxygen atoms in total. The molecule has 1 fully saturated rings. The predicted octanol–water partition coefficient (Wildman–Crippen LogP) is 2.21. The lowest BCUT2D eigenvalue weighted by molar-refractivity contribution is 0.0451. The van der Waals surface area contributed by atoms with E-state index >= 15 is 0 Å². The Morgan fingerprint density at radius 3 is 2.81 bits per heavy atom. The number of hydrogen-bond acceptors (Lipinski definition) is 7. The molecule has 0 atom stereocenters. The summed E-state index contributed by atoms with van der Waals surface area (Å²) in [5, 5.41) is 6.33. The number of ether oxygens (including phenoxy) is 1. The number of hydrogen-bond donors (Lipinski definition) is 1. The van der Waals surface area contributed by atoms with Crippen molar-refractivity contribution in [1.82, 2.24) is 24.5 Å². The Bertz CT molecular complexity index is 1010. The van der Waals surface area contributed by atoms with Gasteiger partial charge in [-0.05, 0) is 0 Å². The van der Waals surface area contributed by atoms with E-state index in [1.165, 1.54) is 17.4 Å². The summed E-state index contributed by atoms with van der Waals surface area (Å²) in [5.74, 6) is 0.114. The molecule has 0 unspecified atom stereocenters. The number of piperidine rings is 1. The number of primary amides is 1. The van der Waals surface area contributed by atoms with Crippen LogP contribution in [-0.2, 0) is 4.74 Å². The molecular weight excluding hydrogens is 392 g/mol. The van der Waals surface area contributed by atoms with Gasteiger partial charge in [0.25, 0.3) is 5.91 Å². The van der Waals surface area contributed by atoms with Crippen molar-refractivity contribution < 1.29 is 14.3 Å². The smallest absolute Gasteiger partial charge is 0.404 e. The number of thiazole rings is 1. The number of carbonyl (C=O) groups excluding carboxylic acids is 2. The van der Waals surface area contributed by atoms with E-state index in [-0.39, 0.29) is 22.9 Å². The van der Waals surface area contributed by atoms with Gasteiger partial charge in [0.15, 0.2) is 5.82 Å². The van der Waals surface area contributed by atoms with Gasteiger partial charge in [-0.1, -0.05) is 11.6 Å². The minimum atomic E-state index is -0.798. The topological polar surface area (TPSA) is 116 Å². The van der Waals surface area contributed by atoms with Crippen molar-refractivity contribution in [3.63, 3.8) is 0 Å². The summed E-state index contributed by atoms with van der Waals surface area (Å²) in [5.41, 5.74) is 5.98. The number of amides is 2. The molecule has 2 N–H and O–H groups in total. The van der Waals surface area contributed by atoms with Gasteiger partial charge in [-0.3, -0.25) is 4.79 Å². The summed E-state index contributed by atoms with van der Waals surface area (Å²) in [6, 6.07) is 1.45. The van der Waals surface area contributed by atoms with E-state index in [4.69, 9.17) is 22.1 Å². The molecule has 140 valence electrons. The summed E-state index contributed by atoms with van der Waals surface area (Å²) in [4.78, 5) is 34.9. The lowest BCUT2D eigenvalue weighted by Crippen LogP contribution is -2.42. The molecule has 3 aromatic rings. The number of carbonyl (C=O) groups is 2. The molecule has 11 heteroatoms. The molecule has 1 aliphatic rings. The van der Waals surface area contributed by atoms with Crippen LogP contribution in [0.25, 0.3) is 16.2 Å². The van der Waals surface area contributed by atoms with Gasteiger partial charge in [-0.2, -0.15) is 5.10 Å². The molecule has 0 radical (unpaired) electrons. The Labute approximate surface area is 162 Å². The molecule has 0 aliphatic carbocycles. The van der Waals surface area contributed by atoms with Crippen molar-refractivity contribution in [1.29, 1.82) is 0 Å². The first-order valence-corrected chi connectivity index (χ1v) is 9.48. The fourth-order valence-electron chi connectivity index (χ4n) is 3.03. The summed E-state index contributed by atoms with van der Waals surface area (Å²) in [7, 11) is 0. The molecule has 0 aromatic carbocycles. The second-order valence-corrected chi connectivity index (χ2v) is 7.32. The van der Waals surface area contributed by atoms with E-state index in [2.05, 4.69) is 15.1 Å². The minimum absolute atomic E-state index is 0.186. The third-order valence-corrected chi connectivity index (χ3v) is 5.38. The highest BCUT2D eigenvalue weighted by atomic mass is 35.5. The molecule has 0 bridgehead atoms. The lowest BCUT2D eigenvalue weighted by Gasteiger charge is -2.31. The highest BCUT2D eigenvalue weighted by Gasteiger charge is 2.27. The Hall–Kier alpha value is -2.72. The predicted molar refractivity (Wildman–Crippen MR) is 98.7 cm³/mol. The lowest BCUT2D eigenvalue weighted by atomic mass is 10.1. The minimum Gasteiger partial charge on any atom is -0.446 e. The van der Waals surface area contributed by atoms with Crippen LogP contribution >= 0.6 is 22.9 Å². The van der Waals surface area contributed by atoms with E-state index in [1.807, 2.05) is 11.6 Å². The van der Waals surface area contributed by atoms with Crippen LogP contribution in [0.2, 0.25) is 5.15 Å². The van der Waals surface area contributed by atoms with Crippen LogP contribution in [0, 0.1) is 0 Å². The first-order valence-electron chi connectivity index (χ1n) is 8.22. The molecule has 1 aliphatic heterocycles. The highest BCUT2D eigenvalue weighted by Crippen LogP contribution is 2.27.